The predicted octanol–water partition coefficient (Wildman–Crippen LogP) is 2.14. The molecule has 2 aromatic heterocycles. The second-order valence-corrected chi connectivity index (χ2v) is 5.16. The summed E-state index contributed by atoms with van der Waals surface area (Å²) in [7, 11) is 1.93. The van der Waals surface area contributed by atoms with Gasteiger partial charge in [0.15, 0.2) is 17.0 Å². The Morgan fingerprint density at radius 2 is 1.90 bits per heavy atom. The van der Waals surface area contributed by atoms with Crippen LogP contribution in [0, 0.1) is 0 Å². The highest BCUT2D eigenvalue weighted by Gasteiger charge is 2.19. The molecular formula is C14H21N5O. The fourth-order valence-corrected chi connectivity index (χ4v) is 2.74. The molecule has 1 aliphatic heterocycles. The van der Waals surface area contributed by atoms with Crippen molar-refractivity contribution in [3.05, 3.63) is 6.33 Å². The maximum absolute atomic E-state index is 5.55. The van der Waals surface area contributed by atoms with Crippen LogP contribution >= 0.6 is 0 Å². The summed E-state index contributed by atoms with van der Waals surface area (Å²) in [4.78, 5) is 15.7. The molecule has 1 saturated heterocycles. The van der Waals surface area contributed by atoms with Crippen LogP contribution in [0.25, 0.3) is 11.2 Å². The molecule has 0 atom stereocenters. The summed E-state index contributed by atoms with van der Waals surface area (Å²) in [5.74, 6) is 0.943. The van der Waals surface area contributed by atoms with Crippen molar-refractivity contribution in [2.75, 3.05) is 24.6 Å². The van der Waals surface area contributed by atoms with Crippen molar-refractivity contribution in [2.45, 2.75) is 32.6 Å². The number of hydrogen-bond acceptors (Lipinski definition) is 5. The summed E-state index contributed by atoms with van der Waals surface area (Å²) < 4.78 is 7.44. The van der Waals surface area contributed by atoms with Crippen LogP contribution in [0.2, 0.25) is 0 Å². The zero-order valence-electron chi connectivity index (χ0n) is 12.2. The Bertz CT molecular complexity index is 587. The van der Waals surface area contributed by atoms with Crippen LogP contribution in [0.1, 0.15) is 32.6 Å². The lowest BCUT2D eigenvalue weighted by Gasteiger charge is -2.21. The van der Waals surface area contributed by atoms with Gasteiger partial charge in [0.25, 0.3) is 6.01 Å². The third-order valence-electron chi connectivity index (χ3n) is 3.77. The minimum absolute atomic E-state index is 0.601. The first-order valence-corrected chi connectivity index (χ1v) is 7.36. The van der Waals surface area contributed by atoms with E-state index in [4.69, 9.17) is 4.74 Å². The number of ether oxygens (including phenoxy) is 1. The molecule has 2 aromatic rings. The Morgan fingerprint density at radius 3 is 2.60 bits per heavy atom. The summed E-state index contributed by atoms with van der Waals surface area (Å²) >= 11 is 0. The normalized spacial score (nSPS) is 16.4. The maximum atomic E-state index is 5.55. The molecule has 6 nitrogen and oxygen atoms in total. The summed E-state index contributed by atoms with van der Waals surface area (Å²) in [5, 5.41) is 0. The number of aromatic nitrogens is 4. The van der Waals surface area contributed by atoms with Crippen molar-refractivity contribution in [1.82, 2.24) is 19.5 Å². The van der Waals surface area contributed by atoms with E-state index in [9.17, 15) is 0 Å². The molecule has 0 bridgehead atoms. The Hall–Kier alpha value is -1.85. The minimum Gasteiger partial charge on any atom is -0.465 e. The van der Waals surface area contributed by atoms with Crippen molar-refractivity contribution in [2.24, 2.45) is 7.05 Å². The number of fused-ring (bicyclic) bond motifs is 1. The van der Waals surface area contributed by atoms with Crippen LogP contribution in [0.4, 0.5) is 5.82 Å². The van der Waals surface area contributed by atoms with Crippen LogP contribution in [-0.4, -0.2) is 39.2 Å². The van der Waals surface area contributed by atoms with Crippen LogP contribution in [0.5, 0.6) is 6.01 Å². The van der Waals surface area contributed by atoms with Gasteiger partial charge in [-0.05, 0) is 19.8 Å². The Labute approximate surface area is 118 Å². The van der Waals surface area contributed by atoms with Gasteiger partial charge in [0, 0.05) is 20.1 Å². The van der Waals surface area contributed by atoms with Gasteiger partial charge < -0.3 is 9.64 Å². The molecular weight excluding hydrogens is 254 g/mol. The van der Waals surface area contributed by atoms with Crippen LogP contribution < -0.4 is 9.64 Å². The van der Waals surface area contributed by atoms with E-state index in [0.29, 0.717) is 12.6 Å². The third-order valence-corrected chi connectivity index (χ3v) is 3.77. The maximum Gasteiger partial charge on any atom is 0.298 e. The summed E-state index contributed by atoms with van der Waals surface area (Å²) in [5.41, 5.74) is 1.68. The van der Waals surface area contributed by atoms with E-state index < -0.39 is 0 Å². The highest BCUT2D eigenvalue weighted by molar-refractivity contribution is 5.84. The molecule has 108 valence electrons. The summed E-state index contributed by atoms with van der Waals surface area (Å²) in [6.45, 7) is 4.66. The van der Waals surface area contributed by atoms with Gasteiger partial charge in [0.05, 0.1) is 6.61 Å². The van der Waals surface area contributed by atoms with Gasteiger partial charge in [0.2, 0.25) is 0 Å². The van der Waals surface area contributed by atoms with Crippen molar-refractivity contribution in [3.63, 3.8) is 0 Å². The number of rotatable bonds is 3. The number of aryl methyl sites for hydroxylation is 1. The second-order valence-electron chi connectivity index (χ2n) is 5.16. The molecule has 20 heavy (non-hydrogen) atoms. The van der Waals surface area contributed by atoms with E-state index in [0.717, 1.165) is 30.1 Å². The van der Waals surface area contributed by atoms with E-state index >= 15 is 0 Å². The van der Waals surface area contributed by atoms with Gasteiger partial charge in [0.1, 0.15) is 6.33 Å². The van der Waals surface area contributed by atoms with Gasteiger partial charge in [-0.15, -0.1) is 0 Å². The van der Waals surface area contributed by atoms with Gasteiger partial charge in [-0.25, -0.2) is 9.97 Å². The van der Waals surface area contributed by atoms with Crippen molar-refractivity contribution >= 4 is 17.0 Å². The average Bonchev–Trinajstić information content (AvgIpc) is 2.68. The molecule has 0 aromatic carbocycles. The van der Waals surface area contributed by atoms with Crippen molar-refractivity contribution in [1.29, 1.82) is 0 Å². The zero-order chi connectivity index (χ0) is 13.9. The molecule has 0 aliphatic carbocycles. The van der Waals surface area contributed by atoms with E-state index in [-0.39, 0.29) is 0 Å². The van der Waals surface area contributed by atoms with Crippen molar-refractivity contribution < 1.29 is 4.74 Å². The summed E-state index contributed by atoms with van der Waals surface area (Å²) in [6, 6.07) is 0.610. The lowest BCUT2D eigenvalue weighted by atomic mass is 10.2. The molecule has 3 heterocycles. The minimum atomic E-state index is 0.601. The fourth-order valence-electron chi connectivity index (χ4n) is 2.74. The topological polar surface area (TPSA) is 56.1 Å². The van der Waals surface area contributed by atoms with Crippen LogP contribution in [0.15, 0.2) is 6.33 Å². The quantitative estimate of drug-likeness (QED) is 0.859. The molecule has 1 fully saturated rings. The number of hydrogen-bond donors (Lipinski definition) is 0. The van der Waals surface area contributed by atoms with Crippen molar-refractivity contribution in [3.8, 4) is 6.01 Å². The highest BCUT2D eigenvalue weighted by Crippen LogP contribution is 2.27. The first-order valence-electron chi connectivity index (χ1n) is 7.36. The lowest BCUT2D eigenvalue weighted by molar-refractivity contribution is 0.304. The fraction of sp³-hybridized carbons (Fsp3) is 0.643. The largest absolute Gasteiger partial charge is 0.465 e. The third kappa shape index (κ3) is 2.30. The van der Waals surface area contributed by atoms with E-state index in [1.807, 2.05) is 18.5 Å². The smallest absolute Gasteiger partial charge is 0.298 e. The molecule has 0 spiro atoms. The van der Waals surface area contributed by atoms with Gasteiger partial charge in [-0.3, -0.25) is 4.57 Å². The SMILES string of the molecule is CCOc1nc2c(N3CCCCCC3)ncnc2n1C. The molecule has 0 N–H and O–H groups in total. The van der Waals surface area contributed by atoms with Crippen LogP contribution in [0.3, 0.4) is 0 Å². The highest BCUT2D eigenvalue weighted by atomic mass is 16.5. The summed E-state index contributed by atoms with van der Waals surface area (Å²) in [6.07, 6.45) is 6.67. The standard InChI is InChI=1S/C14H21N5O/c1-3-20-14-17-11-12(18(14)2)15-10-16-13(11)19-8-6-4-5-7-9-19/h10H,3-9H2,1-2H3. The molecule has 0 radical (unpaired) electrons. The number of anilines is 1. The average molecular weight is 275 g/mol. The van der Waals surface area contributed by atoms with Gasteiger partial charge in [-0.1, -0.05) is 12.8 Å². The van der Waals surface area contributed by atoms with E-state index in [1.165, 1.54) is 25.7 Å². The first-order chi connectivity index (χ1) is 9.81. The number of nitrogens with zero attached hydrogens (tertiary/aromatic N) is 5. The Morgan fingerprint density at radius 1 is 1.15 bits per heavy atom. The Kier molecular flexibility index (Phi) is 3.71. The second kappa shape index (κ2) is 5.64. The molecule has 1 aliphatic rings. The molecule has 0 amide bonds. The Balaban J connectivity index is 2.03. The van der Waals surface area contributed by atoms with Crippen LogP contribution in [-0.2, 0) is 7.05 Å². The first kappa shape index (κ1) is 13.1. The lowest BCUT2D eigenvalue weighted by Crippen LogP contribution is -2.25. The number of imidazole rings is 1. The van der Waals surface area contributed by atoms with Gasteiger partial charge >= 0.3 is 0 Å². The van der Waals surface area contributed by atoms with E-state index in [2.05, 4.69) is 19.9 Å². The molecule has 6 heteroatoms. The monoisotopic (exact) mass is 275 g/mol. The molecule has 0 saturated carbocycles. The molecule has 0 unspecified atom stereocenters. The predicted molar refractivity (Wildman–Crippen MR) is 78.2 cm³/mol. The zero-order valence-corrected chi connectivity index (χ0v) is 12.2. The van der Waals surface area contributed by atoms with E-state index in [1.54, 1.807) is 6.33 Å². The van der Waals surface area contributed by atoms with Gasteiger partial charge in [-0.2, -0.15) is 4.98 Å². The molecule has 3 rings (SSSR count).